The molecule has 0 aliphatic rings. The maximum atomic E-state index is 12.1. The maximum absolute atomic E-state index is 12.1. The molecule has 0 fully saturated rings. The quantitative estimate of drug-likeness (QED) is 0.797. The Bertz CT molecular complexity index is 675. The van der Waals surface area contributed by atoms with Gasteiger partial charge in [0.1, 0.15) is 5.75 Å². The Labute approximate surface area is 138 Å². The summed E-state index contributed by atoms with van der Waals surface area (Å²) in [6.45, 7) is -0.0917. The first kappa shape index (κ1) is 17.1. The molecule has 122 valence electrons. The number of nitrogens with one attached hydrogen (secondary N) is 2. The molecule has 0 unspecified atom stereocenters. The topological polar surface area (TPSA) is 50.4 Å². The second-order valence-corrected chi connectivity index (χ2v) is 5.40. The van der Waals surface area contributed by atoms with Crippen LogP contribution in [0.5, 0.6) is 5.75 Å². The van der Waals surface area contributed by atoms with E-state index >= 15 is 0 Å². The number of ether oxygens (including phenoxy) is 1. The summed E-state index contributed by atoms with van der Waals surface area (Å²) in [5, 5.41) is 5.39. The van der Waals surface area contributed by atoms with Gasteiger partial charge in [0, 0.05) is 21.9 Å². The molecule has 0 saturated heterocycles. The third-order valence-electron chi connectivity index (χ3n) is 2.65. The number of anilines is 2. The lowest BCUT2D eigenvalue weighted by Crippen LogP contribution is -2.22. The van der Waals surface area contributed by atoms with Crippen molar-refractivity contribution in [1.82, 2.24) is 0 Å². The van der Waals surface area contributed by atoms with Crippen molar-refractivity contribution in [1.29, 1.82) is 0 Å². The Balaban J connectivity index is 1.89. The van der Waals surface area contributed by atoms with E-state index in [1.54, 1.807) is 24.3 Å². The predicted molar refractivity (Wildman–Crippen MR) is 84.4 cm³/mol. The first-order chi connectivity index (χ1) is 10.8. The Morgan fingerprint density at radius 1 is 1.09 bits per heavy atom. The van der Waals surface area contributed by atoms with E-state index in [9.17, 15) is 18.0 Å². The van der Waals surface area contributed by atoms with Gasteiger partial charge < -0.3 is 15.4 Å². The number of amides is 1. The molecule has 0 spiro atoms. The van der Waals surface area contributed by atoms with Gasteiger partial charge in [-0.3, -0.25) is 4.79 Å². The first-order valence-corrected chi connectivity index (χ1v) is 7.26. The van der Waals surface area contributed by atoms with E-state index in [0.717, 1.165) is 4.47 Å². The zero-order valence-electron chi connectivity index (χ0n) is 11.7. The van der Waals surface area contributed by atoms with Gasteiger partial charge in [0.15, 0.2) is 0 Å². The van der Waals surface area contributed by atoms with Crippen LogP contribution in [0.25, 0.3) is 0 Å². The molecule has 23 heavy (non-hydrogen) atoms. The Hall–Kier alpha value is -2.22. The molecular weight excluding hydrogens is 377 g/mol. The van der Waals surface area contributed by atoms with Crippen LogP contribution in [0.2, 0.25) is 0 Å². The molecule has 0 saturated carbocycles. The fourth-order valence-corrected chi connectivity index (χ4v) is 1.99. The summed E-state index contributed by atoms with van der Waals surface area (Å²) < 4.78 is 41.1. The lowest BCUT2D eigenvalue weighted by atomic mass is 10.3. The minimum Gasteiger partial charge on any atom is -0.406 e. The van der Waals surface area contributed by atoms with Crippen LogP contribution in [0.3, 0.4) is 0 Å². The van der Waals surface area contributed by atoms with Gasteiger partial charge in [-0.05, 0) is 36.4 Å². The predicted octanol–water partition coefficient (Wildman–Crippen LogP) is 4.40. The molecular formula is C15H12BrF3N2O2. The van der Waals surface area contributed by atoms with Crippen LogP contribution >= 0.6 is 15.9 Å². The molecule has 8 heteroatoms. The molecule has 0 atom stereocenters. The number of hydrogen-bond acceptors (Lipinski definition) is 3. The summed E-state index contributed by atoms with van der Waals surface area (Å²) in [6.07, 6.45) is -4.75. The highest BCUT2D eigenvalue weighted by Crippen LogP contribution is 2.25. The molecule has 0 radical (unpaired) electrons. The van der Waals surface area contributed by atoms with Crippen LogP contribution in [-0.2, 0) is 4.79 Å². The SMILES string of the molecule is O=C(CNc1cccc(OC(F)(F)F)c1)Nc1ccc(Br)cc1. The van der Waals surface area contributed by atoms with E-state index in [0.29, 0.717) is 11.4 Å². The van der Waals surface area contributed by atoms with E-state index < -0.39 is 6.36 Å². The number of carbonyl (C=O) groups is 1. The van der Waals surface area contributed by atoms with Crippen molar-refractivity contribution in [3.63, 3.8) is 0 Å². The number of alkyl halides is 3. The van der Waals surface area contributed by atoms with E-state index in [1.165, 1.54) is 24.3 Å². The third kappa shape index (κ3) is 6.19. The minimum atomic E-state index is -4.75. The summed E-state index contributed by atoms with van der Waals surface area (Å²) in [5.41, 5.74) is 0.965. The molecule has 4 nitrogen and oxygen atoms in total. The Morgan fingerprint density at radius 2 is 1.78 bits per heavy atom. The summed E-state index contributed by atoms with van der Waals surface area (Å²) in [6, 6.07) is 12.3. The smallest absolute Gasteiger partial charge is 0.406 e. The van der Waals surface area contributed by atoms with E-state index in [-0.39, 0.29) is 18.2 Å². The molecule has 2 aromatic carbocycles. The summed E-state index contributed by atoms with van der Waals surface area (Å²) >= 11 is 3.28. The average molecular weight is 389 g/mol. The first-order valence-electron chi connectivity index (χ1n) is 6.47. The van der Waals surface area contributed by atoms with Crippen LogP contribution in [0.4, 0.5) is 24.5 Å². The van der Waals surface area contributed by atoms with Gasteiger partial charge in [-0.1, -0.05) is 22.0 Å². The fraction of sp³-hybridized carbons (Fsp3) is 0.133. The Morgan fingerprint density at radius 3 is 2.43 bits per heavy atom. The Kier molecular flexibility index (Phi) is 5.49. The number of rotatable bonds is 5. The van der Waals surface area contributed by atoms with Crippen LogP contribution in [0.1, 0.15) is 0 Å². The van der Waals surface area contributed by atoms with Crippen LogP contribution in [-0.4, -0.2) is 18.8 Å². The summed E-state index contributed by atoms with van der Waals surface area (Å²) in [5.74, 6) is -0.676. The molecule has 2 N–H and O–H groups in total. The highest BCUT2D eigenvalue weighted by Gasteiger charge is 2.31. The van der Waals surface area contributed by atoms with Gasteiger partial charge in [-0.25, -0.2) is 0 Å². The maximum Gasteiger partial charge on any atom is 0.573 e. The van der Waals surface area contributed by atoms with Gasteiger partial charge in [0.25, 0.3) is 0 Å². The molecule has 1 amide bonds. The van der Waals surface area contributed by atoms with Crippen molar-refractivity contribution in [3.05, 3.63) is 53.0 Å². The van der Waals surface area contributed by atoms with Gasteiger partial charge in [0.05, 0.1) is 6.54 Å². The van der Waals surface area contributed by atoms with Crippen molar-refractivity contribution >= 4 is 33.2 Å². The van der Waals surface area contributed by atoms with E-state index in [2.05, 4.69) is 31.3 Å². The van der Waals surface area contributed by atoms with Crippen LogP contribution in [0, 0.1) is 0 Å². The van der Waals surface area contributed by atoms with Crippen molar-refractivity contribution < 1.29 is 22.7 Å². The zero-order chi connectivity index (χ0) is 16.9. The molecule has 0 bridgehead atoms. The monoisotopic (exact) mass is 388 g/mol. The molecule has 0 aromatic heterocycles. The summed E-state index contributed by atoms with van der Waals surface area (Å²) in [4.78, 5) is 11.8. The van der Waals surface area contributed by atoms with Crippen LogP contribution < -0.4 is 15.4 Å². The van der Waals surface area contributed by atoms with Gasteiger partial charge in [-0.2, -0.15) is 0 Å². The van der Waals surface area contributed by atoms with Crippen molar-refractivity contribution in [2.75, 3.05) is 17.2 Å². The number of benzene rings is 2. The van der Waals surface area contributed by atoms with Crippen molar-refractivity contribution in [2.24, 2.45) is 0 Å². The number of halogens is 4. The average Bonchev–Trinajstić information content (AvgIpc) is 2.46. The lowest BCUT2D eigenvalue weighted by molar-refractivity contribution is -0.274. The molecule has 0 aliphatic heterocycles. The normalized spacial score (nSPS) is 11.0. The fourth-order valence-electron chi connectivity index (χ4n) is 1.72. The largest absolute Gasteiger partial charge is 0.573 e. The van der Waals surface area contributed by atoms with E-state index in [1.807, 2.05) is 0 Å². The van der Waals surface area contributed by atoms with E-state index in [4.69, 9.17) is 0 Å². The molecule has 0 heterocycles. The standard InChI is InChI=1S/C15H12BrF3N2O2/c16-10-4-6-11(7-5-10)21-14(22)9-20-12-2-1-3-13(8-12)23-15(17,18)19/h1-8,20H,9H2,(H,21,22). The second-order valence-electron chi connectivity index (χ2n) is 4.48. The highest BCUT2D eigenvalue weighted by atomic mass is 79.9. The number of hydrogen-bond donors (Lipinski definition) is 2. The molecule has 0 aliphatic carbocycles. The van der Waals surface area contributed by atoms with Gasteiger partial charge >= 0.3 is 6.36 Å². The summed E-state index contributed by atoms with van der Waals surface area (Å²) in [7, 11) is 0. The second kappa shape index (κ2) is 7.36. The molecule has 2 aromatic rings. The third-order valence-corrected chi connectivity index (χ3v) is 3.18. The minimum absolute atomic E-state index is 0.0917. The van der Waals surface area contributed by atoms with Crippen molar-refractivity contribution in [3.8, 4) is 5.75 Å². The van der Waals surface area contributed by atoms with Crippen molar-refractivity contribution in [2.45, 2.75) is 6.36 Å². The highest BCUT2D eigenvalue weighted by molar-refractivity contribution is 9.10. The van der Waals surface area contributed by atoms with Crippen LogP contribution in [0.15, 0.2) is 53.0 Å². The molecule has 2 rings (SSSR count). The van der Waals surface area contributed by atoms with Gasteiger partial charge in [-0.15, -0.1) is 13.2 Å². The van der Waals surface area contributed by atoms with Gasteiger partial charge in [0.2, 0.25) is 5.91 Å². The zero-order valence-corrected chi connectivity index (χ0v) is 13.2. The lowest BCUT2D eigenvalue weighted by Gasteiger charge is -2.11. The number of carbonyl (C=O) groups excluding carboxylic acids is 1.